The molecule has 28 heavy (non-hydrogen) atoms. The van der Waals surface area contributed by atoms with E-state index in [0.29, 0.717) is 23.4 Å². The molecule has 0 heterocycles. The minimum absolute atomic E-state index is 0.101. The van der Waals surface area contributed by atoms with Crippen LogP contribution in [0, 0.1) is 0 Å². The quantitative estimate of drug-likeness (QED) is 0.575. The Morgan fingerprint density at radius 2 is 1.68 bits per heavy atom. The number of sulfonamides is 1. The second-order valence-electron chi connectivity index (χ2n) is 5.89. The average molecular weight is 422 g/mol. The molecule has 0 spiro atoms. The maximum Gasteiger partial charge on any atom is 0.251 e. The minimum Gasteiger partial charge on any atom is -0.340 e. The van der Waals surface area contributed by atoms with E-state index in [1.807, 2.05) is 12.3 Å². The first-order chi connectivity index (χ1) is 13.4. The highest BCUT2D eigenvalue weighted by Crippen LogP contribution is 2.15. The lowest BCUT2D eigenvalue weighted by Gasteiger charge is -2.18. The summed E-state index contributed by atoms with van der Waals surface area (Å²) in [5.74, 6) is 0.0202. The van der Waals surface area contributed by atoms with Crippen LogP contribution < -0.4 is 15.4 Å². The third-order valence-electron chi connectivity index (χ3n) is 3.97. The zero-order valence-corrected chi connectivity index (χ0v) is 17.3. The first kappa shape index (κ1) is 21.9. The van der Waals surface area contributed by atoms with Crippen LogP contribution in [-0.2, 0) is 14.8 Å². The number of benzene rings is 2. The maximum absolute atomic E-state index is 12.7. The van der Waals surface area contributed by atoms with Crippen LogP contribution in [0.4, 0.5) is 5.69 Å². The first-order valence-electron chi connectivity index (χ1n) is 8.56. The molecular weight excluding hydrogens is 398 g/mol. The number of amides is 2. The minimum atomic E-state index is -3.54. The van der Waals surface area contributed by atoms with Gasteiger partial charge in [0.25, 0.3) is 5.91 Å². The second kappa shape index (κ2) is 10.3. The topological polar surface area (TPSA) is 104 Å². The molecule has 2 aromatic rings. The maximum atomic E-state index is 12.7. The summed E-state index contributed by atoms with van der Waals surface area (Å²) >= 11 is 1.58. The van der Waals surface area contributed by atoms with E-state index in [4.69, 9.17) is 0 Å². The Morgan fingerprint density at radius 1 is 1.04 bits per heavy atom. The van der Waals surface area contributed by atoms with Gasteiger partial charge in [-0.15, -0.1) is 0 Å². The summed E-state index contributed by atoms with van der Waals surface area (Å²) in [7, 11) is -2.21. The lowest BCUT2D eigenvalue weighted by atomic mass is 10.1. The van der Waals surface area contributed by atoms with E-state index in [1.54, 1.807) is 36.0 Å². The molecule has 0 aliphatic heterocycles. The van der Waals surface area contributed by atoms with Gasteiger partial charge in [-0.25, -0.2) is 13.1 Å². The molecule has 0 fully saturated rings. The number of anilines is 1. The monoisotopic (exact) mass is 421 g/mol. The van der Waals surface area contributed by atoms with E-state index < -0.39 is 16.1 Å². The third kappa shape index (κ3) is 6.08. The SMILES string of the molecule is CNS(=O)(=O)c1ccc(NC(=O)[C@H](CCSC)NC(=O)c2ccccc2)cc1. The summed E-state index contributed by atoms with van der Waals surface area (Å²) in [6, 6.07) is 13.8. The Morgan fingerprint density at radius 3 is 2.25 bits per heavy atom. The van der Waals surface area contributed by atoms with Gasteiger partial charge in [0.2, 0.25) is 15.9 Å². The molecule has 3 N–H and O–H groups in total. The summed E-state index contributed by atoms with van der Waals surface area (Å²) in [4.78, 5) is 25.2. The molecule has 2 amide bonds. The molecule has 7 nitrogen and oxygen atoms in total. The fraction of sp³-hybridized carbons (Fsp3) is 0.263. The van der Waals surface area contributed by atoms with Gasteiger partial charge in [-0.3, -0.25) is 9.59 Å². The van der Waals surface area contributed by atoms with Gasteiger partial charge in [-0.2, -0.15) is 11.8 Å². The average Bonchev–Trinajstić information content (AvgIpc) is 2.71. The van der Waals surface area contributed by atoms with Crippen LogP contribution in [0.15, 0.2) is 59.5 Å². The van der Waals surface area contributed by atoms with Crippen molar-refractivity contribution in [2.45, 2.75) is 17.4 Å². The predicted molar refractivity (Wildman–Crippen MR) is 112 cm³/mol. The highest BCUT2D eigenvalue weighted by molar-refractivity contribution is 7.98. The Labute approximate surface area is 169 Å². The molecule has 0 radical (unpaired) electrons. The van der Waals surface area contributed by atoms with Crippen LogP contribution in [0.3, 0.4) is 0 Å². The normalized spacial score (nSPS) is 12.2. The molecule has 0 aliphatic rings. The Balaban J connectivity index is 2.09. The van der Waals surface area contributed by atoms with E-state index >= 15 is 0 Å². The lowest BCUT2D eigenvalue weighted by Crippen LogP contribution is -2.44. The smallest absolute Gasteiger partial charge is 0.251 e. The van der Waals surface area contributed by atoms with Crippen molar-refractivity contribution < 1.29 is 18.0 Å². The number of hydrogen-bond acceptors (Lipinski definition) is 5. The molecule has 9 heteroatoms. The van der Waals surface area contributed by atoms with E-state index in [2.05, 4.69) is 15.4 Å². The summed E-state index contributed by atoms with van der Waals surface area (Å²) in [6.07, 6.45) is 2.40. The summed E-state index contributed by atoms with van der Waals surface area (Å²) in [5.41, 5.74) is 0.925. The lowest BCUT2D eigenvalue weighted by molar-refractivity contribution is -0.118. The molecule has 0 saturated heterocycles. The van der Waals surface area contributed by atoms with Gasteiger partial charge >= 0.3 is 0 Å². The number of nitrogens with one attached hydrogen (secondary N) is 3. The molecular formula is C19H23N3O4S2. The first-order valence-corrected chi connectivity index (χ1v) is 11.4. The van der Waals surface area contributed by atoms with Crippen LogP contribution >= 0.6 is 11.8 Å². The Kier molecular flexibility index (Phi) is 8.04. The van der Waals surface area contributed by atoms with Crippen LogP contribution in [-0.4, -0.2) is 45.3 Å². The molecule has 0 aliphatic carbocycles. The summed E-state index contributed by atoms with van der Waals surface area (Å²) in [5, 5.41) is 5.49. The van der Waals surface area contributed by atoms with E-state index in [9.17, 15) is 18.0 Å². The van der Waals surface area contributed by atoms with Crippen molar-refractivity contribution in [3.8, 4) is 0 Å². The zero-order chi connectivity index (χ0) is 20.6. The van der Waals surface area contributed by atoms with E-state index in [-0.39, 0.29) is 16.7 Å². The standard InChI is InChI=1S/C19H23N3O4S2/c1-20-28(25,26)16-10-8-15(9-11-16)21-19(24)17(12-13-27-2)22-18(23)14-6-4-3-5-7-14/h3-11,17,20H,12-13H2,1-2H3,(H,21,24)(H,22,23)/t17-/m0/s1. The van der Waals surface area contributed by atoms with Crippen LogP contribution in [0.5, 0.6) is 0 Å². The van der Waals surface area contributed by atoms with Gasteiger partial charge in [0.1, 0.15) is 6.04 Å². The number of hydrogen-bond donors (Lipinski definition) is 3. The molecule has 0 bridgehead atoms. The van der Waals surface area contributed by atoms with Crippen LogP contribution in [0.25, 0.3) is 0 Å². The number of rotatable bonds is 9. The summed E-state index contributed by atoms with van der Waals surface area (Å²) in [6.45, 7) is 0. The van der Waals surface area contributed by atoms with Gasteiger partial charge in [-0.05, 0) is 61.9 Å². The summed E-state index contributed by atoms with van der Waals surface area (Å²) < 4.78 is 25.8. The molecule has 150 valence electrons. The van der Waals surface area contributed by atoms with Crippen molar-refractivity contribution in [2.75, 3.05) is 24.4 Å². The highest BCUT2D eigenvalue weighted by Gasteiger charge is 2.21. The third-order valence-corrected chi connectivity index (χ3v) is 6.04. The van der Waals surface area contributed by atoms with Crippen molar-refractivity contribution in [1.82, 2.24) is 10.0 Å². The molecule has 0 saturated carbocycles. The molecule has 2 rings (SSSR count). The van der Waals surface area contributed by atoms with Crippen molar-refractivity contribution in [2.24, 2.45) is 0 Å². The van der Waals surface area contributed by atoms with Crippen molar-refractivity contribution in [3.63, 3.8) is 0 Å². The van der Waals surface area contributed by atoms with Crippen LogP contribution in [0.2, 0.25) is 0 Å². The van der Waals surface area contributed by atoms with E-state index in [0.717, 1.165) is 0 Å². The molecule has 1 atom stereocenters. The highest BCUT2D eigenvalue weighted by atomic mass is 32.2. The van der Waals surface area contributed by atoms with Gasteiger partial charge in [0, 0.05) is 11.3 Å². The van der Waals surface area contributed by atoms with Gasteiger partial charge in [0.15, 0.2) is 0 Å². The van der Waals surface area contributed by atoms with Gasteiger partial charge < -0.3 is 10.6 Å². The fourth-order valence-electron chi connectivity index (χ4n) is 2.40. The molecule has 2 aromatic carbocycles. The number of carbonyl (C=O) groups excluding carboxylic acids is 2. The zero-order valence-electron chi connectivity index (χ0n) is 15.6. The predicted octanol–water partition coefficient (Wildman–Crippen LogP) is 2.08. The number of carbonyl (C=O) groups is 2. The Bertz CT molecular complexity index is 901. The van der Waals surface area contributed by atoms with E-state index in [1.165, 1.54) is 31.3 Å². The van der Waals surface area contributed by atoms with Crippen molar-refractivity contribution >= 4 is 39.3 Å². The Hall–Kier alpha value is -2.36. The fourth-order valence-corrected chi connectivity index (χ4v) is 3.60. The van der Waals surface area contributed by atoms with Crippen molar-refractivity contribution in [3.05, 3.63) is 60.2 Å². The molecule has 0 unspecified atom stereocenters. The van der Waals surface area contributed by atoms with Gasteiger partial charge in [0.05, 0.1) is 4.90 Å². The largest absolute Gasteiger partial charge is 0.340 e. The van der Waals surface area contributed by atoms with Crippen LogP contribution in [0.1, 0.15) is 16.8 Å². The van der Waals surface area contributed by atoms with Gasteiger partial charge in [-0.1, -0.05) is 18.2 Å². The molecule has 0 aromatic heterocycles. The van der Waals surface area contributed by atoms with Crippen molar-refractivity contribution in [1.29, 1.82) is 0 Å². The second-order valence-corrected chi connectivity index (χ2v) is 8.77. The number of thioether (sulfide) groups is 1.